The highest BCUT2D eigenvalue weighted by Gasteiger charge is 2.11. The van der Waals surface area contributed by atoms with Gasteiger partial charge in [0, 0.05) is 11.5 Å². The van der Waals surface area contributed by atoms with E-state index in [9.17, 15) is 9.18 Å². The maximum absolute atomic E-state index is 12.7. The van der Waals surface area contributed by atoms with E-state index in [0.29, 0.717) is 16.7 Å². The minimum absolute atomic E-state index is 0.0137. The Morgan fingerprint density at radius 2 is 2.36 bits per heavy atom. The number of carbonyl (C=O) groups excluding carboxylic acids is 1. The van der Waals surface area contributed by atoms with Crippen LogP contribution in [0.5, 0.6) is 0 Å². The first-order chi connectivity index (χ1) is 6.66. The molecule has 5 heteroatoms. The third-order valence-electron chi connectivity index (χ3n) is 1.82. The second-order valence-electron chi connectivity index (χ2n) is 2.80. The van der Waals surface area contributed by atoms with E-state index >= 15 is 0 Å². The van der Waals surface area contributed by atoms with E-state index in [2.05, 4.69) is 5.16 Å². The van der Waals surface area contributed by atoms with E-state index in [1.165, 1.54) is 18.2 Å². The third kappa shape index (κ3) is 1.61. The van der Waals surface area contributed by atoms with Gasteiger partial charge in [-0.05, 0) is 23.7 Å². The summed E-state index contributed by atoms with van der Waals surface area (Å²) in [5.41, 5.74) is 0.748. The quantitative estimate of drug-likeness (QED) is 0.719. The van der Waals surface area contributed by atoms with Crippen molar-refractivity contribution < 1.29 is 13.7 Å². The third-order valence-corrected chi connectivity index (χ3v) is 1.95. The van der Waals surface area contributed by atoms with Crippen molar-refractivity contribution in [1.82, 2.24) is 5.16 Å². The summed E-state index contributed by atoms with van der Waals surface area (Å²) in [6, 6.07) is 4.00. The average molecular weight is 214 g/mol. The summed E-state index contributed by atoms with van der Waals surface area (Å²) in [4.78, 5) is 10.6. The number of halogens is 2. The number of fused-ring (bicyclic) bond motifs is 1. The van der Waals surface area contributed by atoms with E-state index in [1.54, 1.807) is 0 Å². The molecule has 2 rings (SSSR count). The van der Waals surface area contributed by atoms with Gasteiger partial charge in [-0.3, -0.25) is 4.79 Å². The topological polar surface area (TPSA) is 43.1 Å². The van der Waals surface area contributed by atoms with Gasteiger partial charge in [-0.25, -0.2) is 4.39 Å². The lowest BCUT2D eigenvalue weighted by atomic mass is 10.2. The van der Waals surface area contributed by atoms with Crippen molar-refractivity contribution in [1.29, 1.82) is 0 Å². The number of carbonyl (C=O) groups is 1. The Labute approximate surface area is 83.4 Å². The number of rotatable bonds is 2. The molecule has 14 heavy (non-hydrogen) atoms. The molecule has 2 aromatic rings. The lowest BCUT2D eigenvalue weighted by Gasteiger charge is -1.89. The van der Waals surface area contributed by atoms with E-state index in [0.717, 1.165) is 0 Å². The molecular weight excluding hydrogens is 209 g/mol. The lowest BCUT2D eigenvalue weighted by Crippen LogP contribution is -1.93. The van der Waals surface area contributed by atoms with Crippen LogP contribution in [-0.4, -0.2) is 10.4 Å². The molecule has 0 bridgehead atoms. The van der Waals surface area contributed by atoms with Gasteiger partial charge in [0.1, 0.15) is 11.5 Å². The number of benzene rings is 1. The molecule has 0 saturated heterocycles. The predicted octanol–water partition coefficient (Wildman–Crippen LogP) is 2.27. The van der Waals surface area contributed by atoms with Gasteiger partial charge in [-0.2, -0.15) is 0 Å². The smallest absolute Gasteiger partial charge is 0.227 e. The maximum atomic E-state index is 12.7. The van der Waals surface area contributed by atoms with Gasteiger partial charge in [0.2, 0.25) is 5.24 Å². The molecule has 0 fully saturated rings. The van der Waals surface area contributed by atoms with Crippen molar-refractivity contribution >= 4 is 27.8 Å². The molecule has 3 nitrogen and oxygen atoms in total. The minimum Gasteiger partial charge on any atom is -0.356 e. The van der Waals surface area contributed by atoms with Crippen LogP contribution in [0.4, 0.5) is 4.39 Å². The van der Waals surface area contributed by atoms with Gasteiger partial charge in [-0.15, -0.1) is 0 Å². The Balaban J connectivity index is 2.52. The largest absolute Gasteiger partial charge is 0.356 e. The fraction of sp³-hybridized carbons (Fsp3) is 0.111. The molecule has 0 saturated carbocycles. The molecule has 0 amide bonds. The van der Waals surface area contributed by atoms with Crippen LogP contribution in [0.25, 0.3) is 11.0 Å². The maximum Gasteiger partial charge on any atom is 0.227 e. The summed E-state index contributed by atoms with van der Waals surface area (Å²) in [5, 5.41) is 3.72. The van der Waals surface area contributed by atoms with Crippen LogP contribution in [0.1, 0.15) is 5.69 Å². The van der Waals surface area contributed by atoms with Crippen molar-refractivity contribution in [3.8, 4) is 0 Å². The first-order valence-electron chi connectivity index (χ1n) is 3.89. The fourth-order valence-electron chi connectivity index (χ4n) is 1.22. The standard InChI is InChI=1S/C9H5ClFNO2/c10-9(13)4-7-6-2-1-5(11)3-8(6)14-12-7/h1-3H,4H2. The number of aromatic nitrogens is 1. The Bertz CT molecular complexity index is 495. The Morgan fingerprint density at radius 1 is 1.57 bits per heavy atom. The molecule has 0 N–H and O–H groups in total. The highest BCUT2D eigenvalue weighted by atomic mass is 35.5. The van der Waals surface area contributed by atoms with Crippen molar-refractivity contribution in [2.24, 2.45) is 0 Å². The van der Waals surface area contributed by atoms with Gasteiger partial charge >= 0.3 is 0 Å². The summed E-state index contributed by atoms with van der Waals surface area (Å²) in [7, 11) is 0. The normalized spacial score (nSPS) is 10.7. The molecule has 0 aliphatic rings. The number of hydrogen-bond donors (Lipinski definition) is 0. The summed E-state index contributed by atoms with van der Waals surface area (Å²) in [5.74, 6) is -0.405. The zero-order valence-corrected chi connectivity index (χ0v) is 7.71. The van der Waals surface area contributed by atoms with E-state index < -0.39 is 11.1 Å². The number of hydrogen-bond acceptors (Lipinski definition) is 3. The molecule has 0 aliphatic heterocycles. The minimum atomic E-state index is -0.524. The molecule has 1 aromatic carbocycles. The fourth-order valence-corrected chi connectivity index (χ4v) is 1.35. The van der Waals surface area contributed by atoms with Gasteiger partial charge < -0.3 is 4.52 Å². The zero-order chi connectivity index (χ0) is 10.1. The van der Waals surface area contributed by atoms with Gasteiger partial charge in [0.15, 0.2) is 5.58 Å². The molecule has 0 unspecified atom stereocenters. The molecule has 0 radical (unpaired) electrons. The van der Waals surface area contributed by atoms with Crippen LogP contribution < -0.4 is 0 Å². The molecule has 1 aromatic heterocycles. The van der Waals surface area contributed by atoms with E-state index in [4.69, 9.17) is 16.1 Å². The van der Waals surface area contributed by atoms with Crippen LogP contribution in [0, 0.1) is 5.82 Å². The zero-order valence-electron chi connectivity index (χ0n) is 6.96. The van der Waals surface area contributed by atoms with Crippen LogP contribution >= 0.6 is 11.6 Å². The number of nitrogens with zero attached hydrogens (tertiary/aromatic N) is 1. The second kappa shape index (κ2) is 3.38. The van der Waals surface area contributed by atoms with Crippen molar-refractivity contribution in [2.75, 3.05) is 0 Å². The predicted molar refractivity (Wildman–Crippen MR) is 48.5 cm³/mol. The van der Waals surface area contributed by atoms with E-state index in [-0.39, 0.29) is 6.42 Å². The first kappa shape index (κ1) is 9.15. The average Bonchev–Trinajstić information content (AvgIpc) is 2.47. The summed E-state index contributed by atoms with van der Waals surface area (Å²) in [6.45, 7) is 0. The summed E-state index contributed by atoms with van der Waals surface area (Å²) >= 11 is 5.21. The highest BCUT2D eigenvalue weighted by Crippen LogP contribution is 2.20. The summed E-state index contributed by atoms with van der Waals surface area (Å²) in [6.07, 6.45) is -0.0137. The second-order valence-corrected chi connectivity index (χ2v) is 3.22. The molecule has 0 spiro atoms. The molecule has 72 valence electrons. The van der Waals surface area contributed by atoms with Crippen LogP contribution in [-0.2, 0) is 11.2 Å². The van der Waals surface area contributed by atoms with Crippen molar-refractivity contribution in [2.45, 2.75) is 6.42 Å². The lowest BCUT2D eigenvalue weighted by molar-refractivity contribution is -0.111. The SMILES string of the molecule is O=C(Cl)Cc1noc2cc(F)ccc12. The monoisotopic (exact) mass is 213 g/mol. The molecule has 0 atom stereocenters. The van der Waals surface area contributed by atoms with Crippen molar-refractivity contribution in [3.05, 3.63) is 29.7 Å². The van der Waals surface area contributed by atoms with Gasteiger partial charge in [0.05, 0.1) is 6.42 Å². The van der Waals surface area contributed by atoms with Crippen molar-refractivity contribution in [3.63, 3.8) is 0 Å². The van der Waals surface area contributed by atoms with Gasteiger partial charge in [-0.1, -0.05) is 5.16 Å². The summed E-state index contributed by atoms with van der Waals surface area (Å²) < 4.78 is 17.6. The molecular formula is C9H5ClFNO2. The molecule has 0 aliphatic carbocycles. The first-order valence-corrected chi connectivity index (χ1v) is 4.27. The highest BCUT2D eigenvalue weighted by molar-refractivity contribution is 6.63. The Morgan fingerprint density at radius 3 is 3.07 bits per heavy atom. The van der Waals surface area contributed by atoms with Gasteiger partial charge in [0.25, 0.3) is 0 Å². The van der Waals surface area contributed by atoms with Crippen LogP contribution in [0.15, 0.2) is 22.7 Å². The van der Waals surface area contributed by atoms with E-state index in [1.807, 2.05) is 0 Å². The van der Waals surface area contributed by atoms with Crippen LogP contribution in [0.2, 0.25) is 0 Å². The van der Waals surface area contributed by atoms with Crippen LogP contribution in [0.3, 0.4) is 0 Å². The molecule has 1 heterocycles. The Kier molecular flexibility index (Phi) is 2.21. The Hall–Kier alpha value is -1.42.